The van der Waals surface area contributed by atoms with Crippen LogP contribution in [0.25, 0.3) is 0 Å². The second-order valence-corrected chi connectivity index (χ2v) is 6.10. The van der Waals surface area contributed by atoms with Crippen LogP contribution in [0.2, 0.25) is 0 Å². The molecule has 0 aromatic carbocycles. The summed E-state index contributed by atoms with van der Waals surface area (Å²) >= 11 is 0. The highest BCUT2D eigenvalue weighted by Crippen LogP contribution is 2.19. The predicted octanol–water partition coefficient (Wildman–Crippen LogP) is 0.320. The average molecular weight is 274 g/mol. The second-order valence-electron chi connectivity index (χ2n) is 4.60. The number of primary sulfonamides is 1. The number of hydrogen-bond donors (Lipinski definition) is 3. The van der Waals surface area contributed by atoms with Crippen molar-refractivity contribution in [2.75, 3.05) is 0 Å². The maximum absolute atomic E-state index is 11.0. The number of rotatable bonds is 4. The highest BCUT2D eigenvalue weighted by Gasteiger charge is 2.22. The lowest BCUT2D eigenvalue weighted by molar-refractivity contribution is 0.0891. The Balaban J connectivity index is 1.92. The van der Waals surface area contributed by atoms with Crippen molar-refractivity contribution in [2.24, 2.45) is 5.14 Å². The fraction of sp³-hybridized carbons (Fsp3) is 0.636. The third kappa shape index (κ3) is 3.32. The highest BCUT2D eigenvalue weighted by atomic mass is 32.2. The van der Waals surface area contributed by atoms with Gasteiger partial charge >= 0.3 is 0 Å². The van der Waals surface area contributed by atoms with Crippen LogP contribution in [-0.4, -0.2) is 25.7 Å². The lowest BCUT2D eigenvalue weighted by atomic mass is 9.92. The van der Waals surface area contributed by atoms with Gasteiger partial charge in [-0.05, 0) is 25.0 Å². The molecular weight excluding hydrogens is 256 g/mol. The summed E-state index contributed by atoms with van der Waals surface area (Å²) in [4.78, 5) is 0. The largest absolute Gasteiger partial charge is 0.447 e. The number of aliphatic hydroxyl groups is 1. The van der Waals surface area contributed by atoms with E-state index in [2.05, 4.69) is 5.32 Å². The molecule has 0 saturated heterocycles. The fourth-order valence-corrected chi connectivity index (χ4v) is 2.67. The molecule has 18 heavy (non-hydrogen) atoms. The Hall–Kier alpha value is -0.890. The van der Waals surface area contributed by atoms with E-state index in [1.165, 1.54) is 6.07 Å². The Morgan fingerprint density at radius 3 is 2.72 bits per heavy atom. The summed E-state index contributed by atoms with van der Waals surface area (Å²) in [6, 6.07) is 2.95. The van der Waals surface area contributed by atoms with E-state index in [1.807, 2.05) is 0 Å². The maximum atomic E-state index is 11.0. The quantitative estimate of drug-likeness (QED) is 0.733. The molecule has 1 aliphatic carbocycles. The van der Waals surface area contributed by atoms with E-state index in [0.717, 1.165) is 25.7 Å². The monoisotopic (exact) mass is 274 g/mol. The minimum Gasteiger partial charge on any atom is -0.447 e. The van der Waals surface area contributed by atoms with Gasteiger partial charge in [-0.3, -0.25) is 0 Å². The fourth-order valence-electron chi connectivity index (χ4n) is 2.19. The molecule has 1 fully saturated rings. The molecule has 0 bridgehead atoms. The lowest BCUT2D eigenvalue weighted by Gasteiger charge is -2.28. The molecule has 4 N–H and O–H groups in total. The Morgan fingerprint density at radius 1 is 1.39 bits per heavy atom. The van der Waals surface area contributed by atoms with Gasteiger partial charge in [0.15, 0.2) is 0 Å². The van der Waals surface area contributed by atoms with Gasteiger partial charge in [-0.2, -0.15) is 0 Å². The van der Waals surface area contributed by atoms with Gasteiger partial charge in [-0.25, -0.2) is 13.6 Å². The lowest BCUT2D eigenvalue weighted by Crippen LogP contribution is -2.41. The van der Waals surface area contributed by atoms with Crippen molar-refractivity contribution < 1.29 is 17.9 Å². The van der Waals surface area contributed by atoms with Gasteiger partial charge in [-0.15, -0.1) is 0 Å². The average Bonchev–Trinajstić information content (AvgIpc) is 2.76. The molecule has 102 valence electrons. The summed E-state index contributed by atoms with van der Waals surface area (Å²) < 4.78 is 27.2. The molecule has 1 aliphatic rings. The summed E-state index contributed by atoms with van der Waals surface area (Å²) in [6.45, 7) is 0.386. The molecule has 2 atom stereocenters. The Morgan fingerprint density at radius 2 is 2.11 bits per heavy atom. The Bertz CT molecular complexity index is 497. The molecule has 0 aliphatic heterocycles. The summed E-state index contributed by atoms with van der Waals surface area (Å²) in [5, 5.41) is 17.7. The van der Waals surface area contributed by atoms with Gasteiger partial charge < -0.3 is 14.8 Å². The topological polar surface area (TPSA) is 106 Å². The summed E-state index contributed by atoms with van der Waals surface area (Å²) in [6.07, 6.45) is 3.53. The summed E-state index contributed by atoms with van der Waals surface area (Å²) in [5.74, 6) is 0.497. The van der Waals surface area contributed by atoms with E-state index < -0.39 is 10.0 Å². The molecule has 1 aromatic heterocycles. The highest BCUT2D eigenvalue weighted by molar-refractivity contribution is 7.89. The van der Waals surface area contributed by atoms with Crippen molar-refractivity contribution in [2.45, 2.75) is 49.5 Å². The second kappa shape index (κ2) is 5.40. The molecule has 0 amide bonds. The maximum Gasteiger partial charge on any atom is 0.271 e. The van der Waals surface area contributed by atoms with Gasteiger partial charge in [0, 0.05) is 6.04 Å². The molecule has 0 spiro atoms. The Kier molecular flexibility index (Phi) is 4.06. The SMILES string of the molecule is NS(=O)(=O)c1ccc(CNC2CCCCC2O)o1. The Labute approximate surface area is 106 Å². The van der Waals surface area contributed by atoms with Gasteiger partial charge in [0.2, 0.25) is 5.09 Å². The van der Waals surface area contributed by atoms with Crippen LogP contribution < -0.4 is 10.5 Å². The molecule has 6 nitrogen and oxygen atoms in total. The van der Waals surface area contributed by atoms with Crippen LogP contribution in [0.3, 0.4) is 0 Å². The van der Waals surface area contributed by atoms with Crippen molar-refractivity contribution in [3.63, 3.8) is 0 Å². The zero-order valence-electron chi connectivity index (χ0n) is 10.0. The number of hydrogen-bond acceptors (Lipinski definition) is 5. The number of furan rings is 1. The smallest absolute Gasteiger partial charge is 0.271 e. The van der Waals surface area contributed by atoms with Gasteiger partial charge in [-0.1, -0.05) is 12.8 Å². The van der Waals surface area contributed by atoms with E-state index in [4.69, 9.17) is 9.56 Å². The third-order valence-corrected chi connectivity index (χ3v) is 3.97. The number of nitrogens with two attached hydrogens (primary N) is 1. The molecule has 1 aromatic rings. The van der Waals surface area contributed by atoms with E-state index >= 15 is 0 Å². The number of sulfonamides is 1. The van der Waals surface area contributed by atoms with Crippen molar-refractivity contribution in [3.8, 4) is 0 Å². The van der Waals surface area contributed by atoms with E-state index in [9.17, 15) is 13.5 Å². The van der Waals surface area contributed by atoms with Gasteiger partial charge in [0.25, 0.3) is 10.0 Å². The minimum atomic E-state index is -3.78. The molecule has 2 rings (SSSR count). The van der Waals surface area contributed by atoms with Crippen LogP contribution >= 0.6 is 0 Å². The van der Waals surface area contributed by atoms with Crippen LogP contribution in [-0.2, 0) is 16.6 Å². The number of aliphatic hydroxyl groups excluding tert-OH is 1. The molecule has 1 heterocycles. The first-order valence-corrected chi connectivity index (χ1v) is 7.54. The van der Waals surface area contributed by atoms with E-state index in [-0.39, 0.29) is 17.2 Å². The number of nitrogens with one attached hydrogen (secondary N) is 1. The van der Waals surface area contributed by atoms with Crippen LogP contribution in [0.4, 0.5) is 0 Å². The molecule has 0 radical (unpaired) electrons. The first-order chi connectivity index (χ1) is 8.47. The zero-order valence-corrected chi connectivity index (χ0v) is 10.8. The molecule has 2 unspecified atom stereocenters. The van der Waals surface area contributed by atoms with E-state index in [0.29, 0.717) is 12.3 Å². The van der Waals surface area contributed by atoms with Crippen molar-refractivity contribution in [3.05, 3.63) is 17.9 Å². The van der Waals surface area contributed by atoms with Crippen LogP contribution in [0, 0.1) is 0 Å². The molecule has 7 heteroatoms. The van der Waals surface area contributed by atoms with Crippen molar-refractivity contribution in [1.82, 2.24) is 5.32 Å². The van der Waals surface area contributed by atoms with Crippen molar-refractivity contribution in [1.29, 1.82) is 0 Å². The summed E-state index contributed by atoms with van der Waals surface area (Å²) in [5.41, 5.74) is 0. The normalized spacial score (nSPS) is 25.2. The first kappa shape index (κ1) is 13.5. The minimum absolute atomic E-state index is 0.0433. The van der Waals surface area contributed by atoms with Crippen LogP contribution in [0.15, 0.2) is 21.6 Å². The molecular formula is C11H18N2O4S. The zero-order chi connectivity index (χ0) is 13.2. The summed E-state index contributed by atoms with van der Waals surface area (Å²) in [7, 11) is -3.78. The van der Waals surface area contributed by atoms with Gasteiger partial charge in [0.05, 0.1) is 12.6 Å². The third-order valence-electron chi connectivity index (χ3n) is 3.19. The van der Waals surface area contributed by atoms with Crippen molar-refractivity contribution >= 4 is 10.0 Å². The van der Waals surface area contributed by atoms with Gasteiger partial charge in [0.1, 0.15) is 5.76 Å². The van der Waals surface area contributed by atoms with E-state index in [1.54, 1.807) is 6.07 Å². The van der Waals surface area contributed by atoms with Crippen LogP contribution in [0.5, 0.6) is 0 Å². The standard InChI is InChI=1S/C11H18N2O4S/c12-18(15,16)11-6-5-8(17-11)7-13-9-3-1-2-4-10(9)14/h5-6,9-10,13-14H,1-4,7H2,(H2,12,15,16). The first-order valence-electron chi connectivity index (χ1n) is 6.00. The molecule has 1 saturated carbocycles. The predicted molar refractivity (Wildman–Crippen MR) is 65.2 cm³/mol. The van der Waals surface area contributed by atoms with Crippen LogP contribution in [0.1, 0.15) is 31.4 Å².